The number of ether oxygens (including phenoxy) is 1. The molecule has 0 bridgehead atoms. The van der Waals surface area contributed by atoms with Crippen molar-refractivity contribution in [1.82, 2.24) is 19.7 Å². The fraction of sp³-hybridized carbons (Fsp3) is 0.316. The molecule has 28 heavy (non-hydrogen) atoms. The minimum atomic E-state index is 0.0520. The van der Waals surface area contributed by atoms with Crippen molar-refractivity contribution >= 4 is 57.8 Å². The fourth-order valence-corrected chi connectivity index (χ4v) is 4.15. The molecule has 1 aliphatic rings. The van der Waals surface area contributed by atoms with E-state index in [2.05, 4.69) is 68.4 Å². The van der Waals surface area contributed by atoms with Gasteiger partial charge in [-0.1, -0.05) is 0 Å². The van der Waals surface area contributed by atoms with Crippen molar-refractivity contribution in [3.8, 4) is 5.75 Å². The van der Waals surface area contributed by atoms with E-state index in [1.165, 1.54) is 0 Å². The summed E-state index contributed by atoms with van der Waals surface area (Å²) in [4.78, 5) is 22.1. The first kappa shape index (κ1) is 19.3. The molecular formula is C19H20IN5O2S. The van der Waals surface area contributed by atoms with Gasteiger partial charge in [-0.05, 0) is 40.8 Å². The molecule has 0 radical (unpaired) electrons. The number of nitrogens with zero attached hydrogens (tertiary/aromatic N) is 5. The highest BCUT2D eigenvalue weighted by molar-refractivity contribution is 14.1. The number of thiol groups is 1. The Morgan fingerprint density at radius 3 is 2.79 bits per heavy atom. The molecule has 7 nitrogen and oxygen atoms in total. The molecule has 0 atom stereocenters. The standard InChI is InChI=1S/C19H20IN5O2S/c1-27-16-10-13(2-3-15(16)20)23-6-8-24(9-7-23)18(26)12-25-19-14(11-22-25)17(28)4-5-21-19/h2-5,10-11H,6-9,12H2,1H3,(H,21,28). The Kier molecular flexibility index (Phi) is 5.63. The number of hydrogen-bond donors (Lipinski definition) is 1. The van der Waals surface area contributed by atoms with Gasteiger partial charge in [-0.15, -0.1) is 12.6 Å². The second-order valence-electron chi connectivity index (χ2n) is 6.56. The van der Waals surface area contributed by atoms with Crippen molar-refractivity contribution in [2.75, 3.05) is 38.2 Å². The number of piperazine rings is 1. The van der Waals surface area contributed by atoms with E-state index in [1.807, 2.05) is 11.0 Å². The number of benzene rings is 1. The minimum absolute atomic E-state index is 0.0520. The zero-order chi connectivity index (χ0) is 19.7. The normalized spacial score (nSPS) is 14.5. The van der Waals surface area contributed by atoms with E-state index in [0.29, 0.717) is 18.7 Å². The van der Waals surface area contributed by atoms with Crippen molar-refractivity contribution < 1.29 is 9.53 Å². The molecule has 0 aliphatic carbocycles. The van der Waals surface area contributed by atoms with Crippen molar-refractivity contribution in [2.45, 2.75) is 11.4 Å². The van der Waals surface area contributed by atoms with Crippen LogP contribution in [0.3, 0.4) is 0 Å². The van der Waals surface area contributed by atoms with Crippen LogP contribution >= 0.6 is 35.2 Å². The summed E-state index contributed by atoms with van der Waals surface area (Å²) in [6.07, 6.45) is 3.39. The predicted molar refractivity (Wildman–Crippen MR) is 119 cm³/mol. The molecule has 9 heteroatoms. The number of anilines is 1. The van der Waals surface area contributed by atoms with Crippen molar-refractivity contribution in [3.63, 3.8) is 0 Å². The number of carbonyl (C=O) groups is 1. The Bertz CT molecular complexity index is 1020. The van der Waals surface area contributed by atoms with E-state index in [0.717, 1.165) is 38.4 Å². The van der Waals surface area contributed by atoms with Gasteiger partial charge in [0.15, 0.2) is 5.65 Å². The Balaban J connectivity index is 1.40. The first-order valence-electron chi connectivity index (χ1n) is 8.92. The summed E-state index contributed by atoms with van der Waals surface area (Å²) in [6, 6.07) is 8.02. The molecule has 0 saturated carbocycles. The van der Waals surface area contributed by atoms with Crippen LogP contribution in [0.25, 0.3) is 11.0 Å². The van der Waals surface area contributed by atoms with Gasteiger partial charge in [-0.3, -0.25) is 4.79 Å². The second kappa shape index (κ2) is 8.16. The van der Waals surface area contributed by atoms with Crippen LogP contribution in [0.5, 0.6) is 5.75 Å². The van der Waals surface area contributed by atoms with Crippen LogP contribution in [-0.4, -0.2) is 58.9 Å². The lowest BCUT2D eigenvalue weighted by molar-refractivity contribution is -0.132. The molecule has 3 heterocycles. The van der Waals surface area contributed by atoms with E-state index < -0.39 is 0 Å². The zero-order valence-electron chi connectivity index (χ0n) is 15.4. The number of carbonyl (C=O) groups excluding carboxylic acids is 1. The Hall–Kier alpha value is -2.01. The largest absolute Gasteiger partial charge is 0.496 e. The first-order valence-corrected chi connectivity index (χ1v) is 10.4. The van der Waals surface area contributed by atoms with Crippen LogP contribution in [0.2, 0.25) is 0 Å². The highest BCUT2D eigenvalue weighted by Crippen LogP contribution is 2.27. The van der Waals surface area contributed by atoms with Gasteiger partial charge >= 0.3 is 0 Å². The SMILES string of the molecule is COc1cc(N2CCN(C(=O)Cn3ncc4c(S)ccnc43)CC2)ccc1I. The molecule has 4 rings (SSSR count). The molecule has 146 valence electrons. The minimum Gasteiger partial charge on any atom is -0.496 e. The first-order chi connectivity index (χ1) is 13.6. The van der Waals surface area contributed by atoms with E-state index in [4.69, 9.17) is 4.74 Å². The van der Waals surface area contributed by atoms with Crippen LogP contribution < -0.4 is 9.64 Å². The van der Waals surface area contributed by atoms with Crippen LogP contribution in [0.15, 0.2) is 41.6 Å². The number of aromatic nitrogens is 3. The van der Waals surface area contributed by atoms with Gasteiger partial charge in [0.1, 0.15) is 12.3 Å². The van der Waals surface area contributed by atoms with E-state index in [1.54, 1.807) is 24.2 Å². The number of methoxy groups -OCH3 is 1. The highest BCUT2D eigenvalue weighted by Gasteiger charge is 2.23. The van der Waals surface area contributed by atoms with Crippen molar-refractivity contribution in [3.05, 3.63) is 40.2 Å². The van der Waals surface area contributed by atoms with Crippen molar-refractivity contribution in [1.29, 1.82) is 0 Å². The van der Waals surface area contributed by atoms with Gasteiger partial charge in [-0.25, -0.2) is 9.67 Å². The van der Waals surface area contributed by atoms with Crippen LogP contribution in [-0.2, 0) is 11.3 Å². The van der Waals surface area contributed by atoms with Gasteiger partial charge in [0.25, 0.3) is 0 Å². The summed E-state index contributed by atoms with van der Waals surface area (Å²) < 4.78 is 8.15. The van der Waals surface area contributed by atoms with Crippen molar-refractivity contribution in [2.24, 2.45) is 0 Å². The third-order valence-electron chi connectivity index (χ3n) is 4.93. The molecule has 2 aromatic heterocycles. The number of fused-ring (bicyclic) bond motifs is 1. The third-order valence-corrected chi connectivity index (χ3v) is 6.22. The average molecular weight is 509 g/mol. The van der Waals surface area contributed by atoms with E-state index >= 15 is 0 Å². The maximum Gasteiger partial charge on any atom is 0.244 e. The summed E-state index contributed by atoms with van der Waals surface area (Å²) in [5.41, 5.74) is 1.80. The van der Waals surface area contributed by atoms with Gasteiger partial charge in [0.05, 0.1) is 22.3 Å². The van der Waals surface area contributed by atoms with Gasteiger partial charge in [-0.2, -0.15) is 5.10 Å². The maximum atomic E-state index is 12.8. The van der Waals surface area contributed by atoms with Gasteiger partial charge in [0.2, 0.25) is 5.91 Å². The molecule has 1 aromatic carbocycles. The molecular weight excluding hydrogens is 489 g/mol. The lowest BCUT2D eigenvalue weighted by Gasteiger charge is -2.36. The monoisotopic (exact) mass is 509 g/mol. The van der Waals surface area contributed by atoms with Crippen LogP contribution in [0.1, 0.15) is 0 Å². The molecule has 1 fully saturated rings. The predicted octanol–water partition coefficient (Wildman–Crippen LogP) is 2.68. The Morgan fingerprint density at radius 1 is 1.25 bits per heavy atom. The number of amides is 1. The lowest BCUT2D eigenvalue weighted by atomic mass is 10.2. The molecule has 1 saturated heterocycles. The molecule has 0 unspecified atom stereocenters. The summed E-state index contributed by atoms with van der Waals surface area (Å²) in [7, 11) is 1.68. The van der Waals surface area contributed by atoms with E-state index in [-0.39, 0.29) is 12.5 Å². The number of halogens is 1. The summed E-state index contributed by atoms with van der Waals surface area (Å²) >= 11 is 6.68. The van der Waals surface area contributed by atoms with Gasteiger partial charge in [0, 0.05) is 49.0 Å². The van der Waals surface area contributed by atoms with E-state index in [9.17, 15) is 4.79 Å². The summed E-state index contributed by atoms with van der Waals surface area (Å²) in [5, 5.41) is 5.17. The summed E-state index contributed by atoms with van der Waals surface area (Å²) in [5.74, 6) is 0.925. The fourth-order valence-electron chi connectivity index (χ4n) is 3.37. The lowest BCUT2D eigenvalue weighted by Crippen LogP contribution is -2.49. The smallest absolute Gasteiger partial charge is 0.244 e. The molecule has 0 N–H and O–H groups in total. The number of hydrogen-bond acceptors (Lipinski definition) is 6. The number of pyridine rings is 1. The quantitative estimate of drug-likeness (QED) is 0.433. The van der Waals surface area contributed by atoms with Gasteiger partial charge < -0.3 is 14.5 Å². The summed E-state index contributed by atoms with van der Waals surface area (Å²) in [6.45, 7) is 3.11. The van der Waals surface area contributed by atoms with Crippen LogP contribution in [0, 0.1) is 3.57 Å². The maximum absolute atomic E-state index is 12.8. The third kappa shape index (κ3) is 3.77. The zero-order valence-corrected chi connectivity index (χ0v) is 18.4. The number of rotatable bonds is 4. The molecule has 1 aliphatic heterocycles. The average Bonchev–Trinajstić information content (AvgIpc) is 3.13. The molecule has 0 spiro atoms. The topological polar surface area (TPSA) is 63.5 Å². The molecule has 1 amide bonds. The second-order valence-corrected chi connectivity index (χ2v) is 8.20. The Morgan fingerprint density at radius 2 is 2.04 bits per heavy atom. The molecule has 3 aromatic rings. The highest BCUT2D eigenvalue weighted by atomic mass is 127. The van der Waals surface area contributed by atoms with Crippen LogP contribution in [0.4, 0.5) is 5.69 Å². The Labute approximate surface area is 182 Å².